The molecule has 1 aliphatic carbocycles. The van der Waals surface area contributed by atoms with Gasteiger partial charge in [0.1, 0.15) is 0 Å². The third-order valence-corrected chi connectivity index (χ3v) is 13.8. The van der Waals surface area contributed by atoms with Gasteiger partial charge in [0.05, 0.1) is 22.1 Å². The molecule has 260 valence electrons. The van der Waals surface area contributed by atoms with Crippen LogP contribution in [0.15, 0.2) is 192 Å². The zero-order valence-corrected chi connectivity index (χ0v) is 31.4. The Kier molecular flexibility index (Phi) is 6.29. The lowest BCUT2D eigenvalue weighted by molar-refractivity contribution is 0.660. The zero-order chi connectivity index (χ0) is 36.5. The third-order valence-electron chi connectivity index (χ3n) is 12.6. The summed E-state index contributed by atoms with van der Waals surface area (Å²) < 4.78 is 2.52. The second-order valence-corrected chi connectivity index (χ2v) is 16.8. The van der Waals surface area contributed by atoms with Gasteiger partial charge in [0.2, 0.25) is 0 Å². The van der Waals surface area contributed by atoms with Crippen LogP contribution >= 0.6 is 11.8 Å². The van der Waals surface area contributed by atoms with Crippen molar-refractivity contribution in [3.05, 3.63) is 215 Å². The van der Waals surface area contributed by atoms with Crippen LogP contribution in [-0.4, -0.2) is 4.57 Å². The first kappa shape index (κ1) is 31.1. The molecule has 3 aliphatic rings. The minimum absolute atomic E-state index is 0.0933. The normalized spacial score (nSPS) is 16.7. The summed E-state index contributed by atoms with van der Waals surface area (Å²) in [6.07, 6.45) is 0. The van der Waals surface area contributed by atoms with Gasteiger partial charge in [0.15, 0.2) is 0 Å². The van der Waals surface area contributed by atoms with Gasteiger partial charge in [-0.2, -0.15) is 0 Å². The zero-order valence-electron chi connectivity index (χ0n) is 30.6. The molecule has 0 N–H and O–H groups in total. The van der Waals surface area contributed by atoms with Crippen molar-refractivity contribution in [3.8, 4) is 16.8 Å². The van der Waals surface area contributed by atoms with Crippen molar-refractivity contribution in [1.29, 1.82) is 0 Å². The van der Waals surface area contributed by atoms with Crippen molar-refractivity contribution in [2.75, 3.05) is 4.90 Å². The molecule has 8 aromatic carbocycles. The van der Waals surface area contributed by atoms with E-state index in [1.54, 1.807) is 0 Å². The van der Waals surface area contributed by atoms with E-state index in [0.29, 0.717) is 0 Å². The molecule has 0 saturated heterocycles. The summed E-state index contributed by atoms with van der Waals surface area (Å²) in [6.45, 7) is 4.73. The lowest BCUT2D eigenvalue weighted by Gasteiger charge is -2.45. The molecule has 12 rings (SSSR count). The summed E-state index contributed by atoms with van der Waals surface area (Å²) in [5, 5.41) is 2.59. The standard InChI is InChI=1S/C52H36N2S/c1-51(2)40-20-8-6-17-36(40)37-29-27-34(31-45(37)51)53(33-15-4-3-5-16-33)35-28-30-43-49(32-35)55-48-26-13-10-22-42(48)52(43)41-21-9-12-25-47(41)54-46-24-11-7-18-38(46)39-19-14-23-44(52)50(39)54/h3-32H,1-2H3. The highest BCUT2D eigenvalue weighted by Crippen LogP contribution is 2.61. The van der Waals surface area contributed by atoms with Crippen molar-refractivity contribution >= 4 is 50.6 Å². The summed E-state index contributed by atoms with van der Waals surface area (Å²) in [6, 6.07) is 68.2. The summed E-state index contributed by atoms with van der Waals surface area (Å²) in [7, 11) is 0. The van der Waals surface area contributed by atoms with E-state index < -0.39 is 5.41 Å². The maximum Gasteiger partial charge on any atom is 0.0764 e. The van der Waals surface area contributed by atoms with Crippen LogP contribution in [0.2, 0.25) is 0 Å². The maximum absolute atomic E-state index is 2.52. The molecular formula is C52H36N2S. The molecule has 1 spiro atoms. The van der Waals surface area contributed by atoms with Gasteiger partial charge in [0, 0.05) is 43.0 Å². The summed E-state index contributed by atoms with van der Waals surface area (Å²) >= 11 is 1.90. The molecule has 1 aromatic heterocycles. The third kappa shape index (κ3) is 4.01. The number of fused-ring (bicyclic) bond motifs is 14. The smallest absolute Gasteiger partial charge is 0.0764 e. The Morgan fingerprint density at radius 2 is 1.07 bits per heavy atom. The minimum atomic E-state index is -0.503. The Balaban J connectivity index is 1.12. The lowest BCUT2D eigenvalue weighted by Crippen LogP contribution is -2.37. The van der Waals surface area contributed by atoms with Gasteiger partial charge in [-0.15, -0.1) is 0 Å². The van der Waals surface area contributed by atoms with Crippen LogP contribution in [0.3, 0.4) is 0 Å². The van der Waals surface area contributed by atoms with Gasteiger partial charge in [-0.3, -0.25) is 0 Å². The monoisotopic (exact) mass is 720 g/mol. The predicted molar refractivity (Wildman–Crippen MR) is 229 cm³/mol. The van der Waals surface area contributed by atoms with Crippen molar-refractivity contribution in [2.45, 2.75) is 34.5 Å². The first-order chi connectivity index (χ1) is 27.0. The predicted octanol–water partition coefficient (Wildman–Crippen LogP) is 13.7. The highest BCUT2D eigenvalue weighted by Gasteiger charge is 2.49. The Labute approximate surface area is 325 Å². The maximum atomic E-state index is 2.52. The first-order valence-electron chi connectivity index (χ1n) is 19.2. The number of aromatic nitrogens is 1. The van der Waals surface area contributed by atoms with Gasteiger partial charge < -0.3 is 9.47 Å². The number of hydrogen-bond donors (Lipinski definition) is 0. The van der Waals surface area contributed by atoms with Crippen LogP contribution in [-0.2, 0) is 10.8 Å². The molecule has 3 heteroatoms. The van der Waals surface area contributed by atoms with Gasteiger partial charge in [-0.25, -0.2) is 0 Å². The molecule has 0 bridgehead atoms. The van der Waals surface area contributed by atoms with Crippen LogP contribution < -0.4 is 4.90 Å². The van der Waals surface area contributed by atoms with E-state index in [4.69, 9.17) is 0 Å². The summed E-state index contributed by atoms with van der Waals surface area (Å²) in [4.78, 5) is 5.02. The molecular weight excluding hydrogens is 685 g/mol. The van der Waals surface area contributed by atoms with Gasteiger partial charge in [0.25, 0.3) is 0 Å². The molecule has 55 heavy (non-hydrogen) atoms. The average molecular weight is 721 g/mol. The van der Waals surface area contributed by atoms with Crippen LogP contribution in [0, 0.1) is 0 Å². The molecule has 1 atom stereocenters. The highest BCUT2D eigenvalue weighted by atomic mass is 32.2. The van der Waals surface area contributed by atoms with E-state index in [0.717, 1.165) is 11.4 Å². The van der Waals surface area contributed by atoms with Crippen molar-refractivity contribution in [3.63, 3.8) is 0 Å². The second kappa shape index (κ2) is 11.1. The summed E-state index contributed by atoms with van der Waals surface area (Å²) in [5.74, 6) is 0. The van der Waals surface area contributed by atoms with Gasteiger partial charge in [-0.1, -0.05) is 153 Å². The number of nitrogens with zero attached hydrogens (tertiary/aromatic N) is 2. The van der Waals surface area contributed by atoms with Crippen LogP contribution in [0.5, 0.6) is 0 Å². The summed E-state index contributed by atoms with van der Waals surface area (Å²) in [5.41, 5.74) is 17.4. The molecule has 3 heterocycles. The number of anilines is 3. The van der Waals surface area contributed by atoms with Crippen LogP contribution in [0.4, 0.5) is 17.1 Å². The average Bonchev–Trinajstić information content (AvgIpc) is 3.69. The molecule has 0 amide bonds. The molecule has 1 unspecified atom stereocenters. The first-order valence-corrected chi connectivity index (χ1v) is 20.0. The van der Waals surface area contributed by atoms with Crippen molar-refractivity contribution in [1.82, 2.24) is 4.57 Å². The topological polar surface area (TPSA) is 8.17 Å². The molecule has 2 aliphatic heterocycles. The molecule has 2 nitrogen and oxygen atoms in total. The van der Waals surface area contributed by atoms with Gasteiger partial charge in [-0.05, 0) is 99.1 Å². The fraction of sp³-hybridized carbons (Fsp3) is 0.0769. The van der Waals surface area contributed by atoms with Crippen LogP contribution in [0.25, 0.3) is 38.6 Å². The number of benzene rings is 8. The van der Waals surface area contributed by atoms with E-state index >= 15 is 0 Å². The van der Waals surface area contributed by atoms with E-state index in [2.05, 4.69) is 205 Å². The quantitative estimate of drug-likeness (QED) is 0.180. The van der Waals surface area contributed by atoms with Crippen molar-refractivity contribution in [2.24, 2.45) is 0 Å². The Morgan fingerprint density at radius 3 is 1.96 bits per heavy atom. The minimum Gasteiger partial charge on any atom is -0.310 e. The number of rotatable bonds is 3. The number of hydrogen-bond acceptors (Lipinski definition) is 2. The SMILES string of the molecule is CC1(C)c2ccccc2-c2ccc(N(c3ccccc3)c3ccc4c(c3)Sc3ccccc3C43c4ccccc4-n4c5ccccc5c5cccc3c54)cc21. The second-order valence-electron chi connectivity index (χ2n) is 15.7. The van der Waals surface area contributed by atoms with Gasteiger partial charge >= 0.3 is 0 Å². The van der Waals surface area contributed by atoms with Crippen LogP contribution in [0.1, 0.15) is 47.2 Å². The van der Waals surface area contributed by atoms with E-state index in [-0.39, 0.29) is 5.41 Å². The lowest BCUT2D eigenvalue weighted by atomic mass is 9.63. The number of para-hydroxylation sites is 4. The fourth-order valence-electron chi connectivity index (χ4n) is 10.3. The largest absolute Gasteiger partial charge is 0.310 e. The Bertz CT molecular complexity index is 3060. The fourth-order valence-corrected chi connectivity index (χ4v) is 11.5. The van der Waals surface area contributed by atoms with E-state index in [1.807, 2.05) is 11.8 Å². The highest BCUT2D eigenvalue weighted by molar-refractivity contribution is 7.99. The molecule has 9 aromatic rings. The molecule has 0 radical (unpaired) electrons. The van der Waals surface area contributed by atoms with E-state index in [9.17, 15) is 0 Å². The Hall–Kier alpha value is -6.29. The van der Waals surface area contributed by atoms with Crippen molar-refractivity contribution < 1.29 is 0 Å². The Morgan fingerprint density at radius 1 is 0.436 bits per heavy atom. The molecule has 0 saturated carbocycles. The van der Waals surface area contributed by atoms with E-state index in [1.165, 1.54) is 87.5 Å². The molecule has 0 fully saturated rings.